The maximum absolute atomic E-state index is 13.3. The quantitative estimate of drug-likeness (QED) is 0.794. The van der Waals surface area contributed by atoms with Crippen molar-refractivity contribution >= 4 is 0 Å². The second kappa shape index (κ2) is 5.01. The molecule has 1 saturated carbocycles. The Bertz CT molecular complexity index is 848. The minimum atomic E-state index is -1.11. The van der Waals surface area contributed by atoms with Gasteiger partial charge in [0.15, 0.2) is 11.5 Å². The van der Waals surface area contributed by atoms with Crippen LogP contribution in [-0.2, 0) is 5.41 Å². The summed E-state index contributed by atoms with van der Waals surface area (Å²) in [4.78, 5) is 4.52. The molecule has 6 heteroatoms. The van der Waals surface area contributed by atoms with Crippen molar-refractivity contribution in [2.45, 2.75) is 38.3 Å². The van der Waals surface area contributed by atoms with Gasteiger partial charge in [-0.15, -0.1) is 0 Å². The SMILES string of the molecule is Cc1ccccc1C1(c2noc(-c3cc(C(C)F)[nH]n3)n2)CC1. The highest BCUT2D eigenvalue weighted by atomic mass is 19.1. The van der Waals surface area contributed by atoms with Crippen molar-refractivity contribution < 1.29 is 8.91 Å². The molecule has 1 fully saturated rings. The molecule has 23 heavy (non-hydrogen) atoms. The van der Waals surface area contributed by atoms with E-state index in [-0.39, 0.29) is 5.41 Å². The molecule has 0 spiro atoms. The number of H-pyrrole nitrogens is 1. The van der Waals surface area contributed by atoms with E-state index in [0.717, 1.165) is 12.8 Å². The number of benzene rings is 1. The van der Waals surface area contributed by atoms with E-state index < -0.39 is 6.17 Å². The number of aromatic nitrogens is 4. The van der Waals surface area contributed by atoms with Crippen LogP contribution in [-0.4, -0.2) is 20.3 Å². The monoisotopic (exact) mass is 312 g/mol. The number of hydrogen-bond acceptors (Lipinski definition) is 4. The Balaban J connectivity index is 1.69. The van der Waals surface area contributed by atoms with E-state index in [9.17, 15) is 4.39 Å². The Morgan fingerprint density at radius 1 is 1.30 bits per heavy atom. The fourth-order valence-corrected chi connectivity index (χ4v) is 3.02. The number of hydrogen-bond donors (Lipinski definition) is 1. The van der Waals surface area contributed by atoms with Gasteiger partial charge in [0.1, 0.15) is 6.17 Å². The molecule has 1 aromatic carbocycles. The van der Waals surface area contributed by atoms with Crippen molar-refractivity contribution in [3.63, 3.8) is 0 Å². The maximum atomic E-state index is 13.3. The highest BCUT2D eigenvalue weighted by Crippen LogP contribution is 2.53. The third-order valence-electron chi connectivity index (χ3n) is 4.51. The van der Waals surface area contributed by atoms with Crippen LogP contribution in [0.3, 0.4) is 0 Å². The molecule has 0 saturated heterocycles. The van der Waals surface area contributed by atoms with Crippen LogP contribution in [0.1, 0.15) is 48.6 Å². The lowest BCUT2D eigenvalue weighted by atomic mass is 9.91. The number of halogens is 1. The van der Waals surface area contributed by atoms with E-state index in [4.69, 9.17) is 4.52 Å². The lowest BCUT2D eigenvalue weighted by molar-refractivity contribution is 0.365. The summed E-state index contributed by atoms with van der Waals surface area (Å²) in [7, 11) is 0. The van der Waals surface area contributed by atoms with Crippen LogP contribution < -0.4 is 0 Å². The summed E-state index contributed by atoms with van der Waals surface area (Å²) in [5.74, 6) is 1.00. The highest BCUT2D eigenvalue weighted by Gasteiger charge is 2.50. The average Bonchev–Trinajstić information content (AvgIpc) is 3.00. The molecule has 5 nitrogen and oxygen atoms in total. The summed E-state index contributed by atoms with van der Waals surface area (Å²) in [6.45, 7) is 3.55. The smallest absolute Gasteiger partial charge is 0.278 e. The Morgan fingerprint density at radius 2 is 2.09 bits per heavy atom. The van der Waals surface area contributed by atoms with Crippen LogP contribution >= 0.6 is 0 Å². The Morgan fingerprint density at radius 3 is 2.74 bits per heavy atom. The molecule has 4 rings (SSSR count). The lowest BCUT2D eigenvalue weighted by Gasteiger charge is -2.13. The minimum absolute atomic E-state index is 0.153. The van der Waals surface area contributed by atoms with Gasteiger partial charge in [0.05, 0.1) is 11.1 Å². The first-order valence-corrected chi connectivity index (χ1v) is 7.70. The molecule has 2 heterocycles. The highest BCUT2D eigenvalue weighted by molar-refractivity contribution is 5.49. The summed E-state index contributed by atoms with van der Waals surface area (Å²) in [6.07, 6.45) is 0.897. The Labute approximate surface area is 132 Å². The van der Waals surface area contributed by atoms with Gasteiger partial charge >= 0.3 is 0 Å². The predicted molar refractivity (Wildman–Crippen MR) is 82.6 cm³/mol. The Hall–Kier alpha value is -2.50. The topological polar surface area (TPSA) is 67.6 Å². The third kappa shape index (κ3) is 2.25. The van der Waals surface area contributed by atoms with Crippen LogP contribution in [0, 0.1) is 6.92 Å². The first-order chi connectivity index (χ1) is 11.1. The zero-order valence-electron chi connectivity index (χ0n) is 13.0. The summed E-state index contributed by atoms with van der Waals surface area (Å²) in [5.41, 5.74) is 3.19. The lowest BCUT2D eigenvalue weighted by Crippen LogP contribution is -2.12. The van der Waals surface area contributed by atoms with Gasteiger partial charge in [-0.3, -0.25) is 5.10 Å². The molecule has 1 unspecified atom stereocenters. The molecule has 0 radical (unpaired) electrons. The summed E-state index contributed by atoms with van der Waals surface area (Å²) < 4.78 is 18.7. The average molecular weight is 312 g/mol. The van der Waals surface area contributed by atoms with Crippen LogP contribution in [0.4, 0.5) is 4.39 Å². The van der Waals surface area contributed by atoms with Gasteiger partial charge in [-0.25, -0.2) is 4.39 Å². The maximum Gasteiger partial charge on any atom is 0.278 e. The minimum Gasteiger partial charge on any atom is -0.332 e. The van der Waals surface area contributed by atoms with E-state index in [0.29, 0.717) is 23.1 Å². The van der Waals surface area contributed by atoms with Gasteiger partial charge in [-0.1, -0.05) is 29.4 Å². The van der Waals surface area contributed by atoms with Gasteiger partial charge in [0.2, 0.25) is 0 Å². The van der Waals surface area contributed by atoms with Gasteiger partial charge < -0.3 is 4.52 Å². The molecule has 118 valence electrons. The largest absolute Gasteiger partial charge is 0.332 e. The van der Waals surface area contributed by atoms with Crippen LogP contribution in [0.2, 0.25) is 0 Å². The molecule has 3 aromatic rings. The predicted octanol–water partition coefficient (Wildman–Crippen LogP) is 3.88. The van der Waals surface area contributed by atoms with Crippen LogP contribution in [0.25, 0.3) is 11.6 Å². The van der Waals surface area contributed by atoms with Gasteiger partial charge in [0, 0.05) is 0 Å². The first kappa shape index (κ1) is 14.1. The zero-order chi connectivity index (χ0) is 16.0. The molecule has 0 bridgehead atoms. The summed E-state index contributed by atoms with van der Waals surface area (Å²) in [5, 5.41) is 10.9. The van der Waals surface area contributed by atoms with Gasteiger partial charge in [-0.05, 0) is 43.9 Å². The summed E-state index contributed by atoms with van der Waals surface area (Å²) in [6, 6.07) is 9.89. The van der Waals surface area contributed by atoms with Crippen molar-refractivity contribution in [1.29, 1.82) is 0 Å². The Kier molecular flexibility index (Phi) is 3.07. The van der Waals surface area contributed by atoms with Crippen molar-refractivity contribution in [1.82, 2.24) is 20.3 Å². The van der Waals surface area contributed by atoms with Crippen molar-refractivity contribution in [3.05, 3.63) is 53.0 Å². The fourth-order valence-electron chi connectivity index (χ4n) is 3.02. The molecule has 1 N–H and O–H groups in total. The van der Waals surface area contributed by atoms with E-state index in [1.165, 1.54) is 18.1 Å². The standard InChI is InChI=1S/C17H17FN4O/c1-10-5-3-4-6-12(10)17(7-8-17)16-19-15(23-22-16)14-9-13(11(2)18)20-21-14/h3-6,9,11H,7-8H2,1-2H3,(H,20,21). The molecule has 0 amide bonds. The van der Waals surface area contributed by atoms with Gasteiger partial charge in [0.25, 0.3) is 5.89 Å². The molecule has 0 aliphatic heterocycles. The van der Waals surface area contributed by atoms with Crippen LogP contribution in [0.15, 0.2) is 34.9 Å². The van der Waals surface area contributed by atoms with E-state index in [1.807, 2.05) is 12.1 Å². The number of aromatic amines is 1. The number of aryl methyl sites for hydroxylation is 1. The second-order valence-corrected chi connectivity index (χ2v) is 6.14. The number of nitrogens with zero attached hydrogens (tertiary/aromatic N) is 3. The number of rotatable bonds is 4. The van der Waals surface area contributed by atoms with E-state index in [2.05, 4.69) is 39.4 Å². The van der Waals surface area contributed by atoms with E-state index in [1.54, 1.807) is 6.07 Å². The van der Waals surface area contributed by atoms with Crippen molar-refractivity contribution in [2.75, 3.05) is 0 Å². The first-order valence-electron chi connectivity index (χ1n) is 7.70. The third-order valence-corrected chi connectivity index (χ3v) is 4.51. The van der Waals surface area contributed by atoms with Crippen molar-refractivity contribution in [3.8, 4) is 11.6 Å². The van der Waals surface area contributed by atoms with E-state index >= 15 is 0 Å². The van der Waals surface area contributed by atoms with Gasteiger partial charge in [-0.2, -0.15) is 10.1 Å². The fraction of sp³-hybridized carbons (Fsp3) is 0.353. The molecular weight excluding hydrogens is 295 g/mol. The number of alkyl halides is 1. The molecular formula is C17H17FN4O. The summed E-state index contributed by atoms with van der Waals surface area (Å²) >= 11 is 0. The normalized spacial score (nSPS) is 17.2. The number of nitrogens with one attached hydrogen (secondary N) is 1. The molecule has 1 aliphatic carbocycles. The molecule has 1 aliphatic rings. The second-order valence-electron chi connectivity index (χ2n) is 6.14. The van der Waals surface area contributed by atoms with Crippen LogP contribution in [0.5, 0.6) is 0 Å². The van der Waals surface area contributed by atoms with Crippen molar-refractivity contribution in [2.24, 2.45) is 0 Å². The molecule has 1 atom stereocenters. The zero-order valence-corrected chi connectivity index (χ0v) is 13.0. The molecule has 2 aromatic heterocycles.